The number of hydrogen-bond donors (Lipinski definition) is 1. The summed E-state index contributed by atoms with van der Waals surface area (Å²) in [6.07, 6.45) is 0.540. The van der Waals surface area contributed by atoms with Gasteiger partial charge in [-0.1, -0.05) is 0 Å². The minimum absolute atomic E-state index is 0.110. The summed E-state index contributed by atoms with van der Waals surface area (Å²) in [6.45, 7) is 8.52. The molecule has 1 saturated heterocycles. The summed E-state index contributed by atoms with van der Waals surface area (Å²) < 4.78 is 5.31. The van der Waals surface area contributed by atoms with Gasteiger partial charge in [-0.3, -0.25) is 0 Å². The minimum Gasteiger partial charge on any atom is -0.444 e. The van der Waals surface area contributed by atoms with Crippen LogP contribution in [0.5, 0.6) is 0 Å². The second-order valence-electron chi connectivity index (χ2n) is 5.67. The molecule has 2 unspecified atom stereocenters. The van der Waals surface area contributed by atoms with Crippen LogP contribution in [0.4, 0.5) is 4.79 Å². The molecule has 0 radical (unpaired) electrons. The van der Waals surface area contributed by atoms with Crippen molar-refractivity contribution < 1.29 is 14.6 Å². The molecule has 4 nitrogen and oxygen atoms in total. The van der Waals surface area contributed by atoms with E-state index in [1.165, 1.54) is 0 Å². The maximum atomic E-state index is 11.8. The van der Waals surface area contributed by atoms with E-state index >= 15 is 0 Å². The third-order valence-electron chi connectivity index (χ3n) is 2.91. The van der Waals surface area contributed by atoms with Crippen LogP contribution in [-0.2, 0) is 4.74 Å². The number of carbonyl (C=O) groups is 1. The van der Waals surface area contributed by atoms with Crippen LogP contribution in [0.15, 0.2) is 0 Å². The molecule has 0 aromatic rings. The van der Waals surface area contributed by atoms with E-state index in [4.69, 9.17) is 4.74 Å². The number of amides is 1. The van der Waals surface area contributed by atoms with Crippen LogP contribution >= 0.6 is 0 Å². The molecule has 0 spiro atoms. The molecule has 1 fully saturated rings. The smallest absolute Gasteiger partial charge is 0.410 e. The fourth-order valence-electron chi connectivity index (χ4n) is 1.97. The van der Waals surface area contributed by atoms with Gasteiger partial charge in [0.25, 0.3) is 0 Å². The van der Waals surface area contributed by atoms with Gasteiger partial charge < -0.3 is 14.7 Å². The number of nitrogens with zero attached hydrogens (tertiary/aromatic N) is 1. The topological polar surface area (TPSA) is 49.8 Å². The Morgan fingerprint density at radius 3 is 2.78 bits per heavy atom. The van der Waals surface area contributed by atoms with Crippen LogP contribution in [0.25, 0.3) is 0 Å². The summed E-state index contributed by atoms with van der Waals surface area (Å²) in [7, 11) is 0. The lowest BCUT2D eigenvalue weighted by atomic mass is 9.99. The average molecular weight is 253 g/mol. The third-order valence-corrected chi connectivity index (χ3v) is 2.91. The highest BCUT2D eigenvalue weighted by Gasteiger charge is 2.32. The van der Waals surface area contributed by atoms with Crippen molar-refractivity contribution in [3.05, 3.63) is 0 Å². The highest BCUT2D eigenvalue weighted by molar-refractivity contribution is 5.68. The van der Waals surface area contributed by atoms with Gasteiger partial charge in [0.05, 0.1) is 6.10 Å². The average Bonchev–Trinajstić information content (AvgIpc) is 2.72. The maximum absolute atomic E-state index is 11.8. The van der Waals surface area contributed by atoms with Gasteiger partial charge in [0.15, 0.2) is 0 Å². The summed E-state index contributed by atoms with van der Waals surface area (Å²) in [5.41, 5.74) is -0.471. The third kappa shape index (κ3) is 4.58. The Bertz CT molecular complexity index is 348. The predicted octanol–water partition coefficient (Wildman–Crippen LogP) is 2.02. The first-order valence-electron chi connectivity index (χ1n) is 6.39. The lowest BCUT2D eigenvalue weighted by Crippen LogP contribution is -2.36. The molecule has 4 heteroatoms. The Labute approximate surface area is 109 Å². The molecule has 1 aliphatic rings. The van der Waals surface area contributed by atoms with E-state index in [0.717, 1.165) is 6.42 Å². The van der Waals surface area contributed by atoms with Crippen LogP contribution < -0.4 is 0 Å². The second-order valence-corrected chi connectivity index (χ2v) is 5.67. The molecule has 0 bridgehead atoms. The molecular weight excluding hydrogens is 230 g/mol. The van der Waals surface area contributed by atoms with Crippen molar-refractivity contribution in [3.8, 4) is 11.8 Å². The zero-order valence-electron chi connectivity index (χ0n) is 11.7. The van der Waals surface area contributed by atoms with Crippen molar-refractivity contribution in [1.29, 1.82) is 0 Å². The number of carbonyl (C=O) groups excluding carboxylic acids is 1. The number of likely N-dealkylation sites (tertiary alicyclic amines) is 1. The summed E-state index contributed by atoms with van der Waals surface area (Å²) in [5.74, 6) is 5.75. The molecule has 18 heavy (non-hydrogen) atoms. The normalized spacial score (nSPS) is 21.2. The predicted molar refractivity (Wildman–Crippen MR) is 70.0 cm³/mol. The Hall–Kier alpha value is -1.21. The zero-order valence-corrected chi connectivity index (χ0v) is 11.7. The Balaban J connectivity index is 2.45. The lowest BCUT2D eigenvalue weighted by Gasteiger charge is -2.24. The number of hydrogen-bond acceptors (Lipinski definition) is 3. The fourth-order valence-corrected chi connectivity index (χ4v) is 1.97. The highest BCUT2D eigenvalue weighted by atomic mass is 16.6. The molecule has 0 aromatic heterocycles. The Morgan fingerprint density at radius 2 is 2.22 bits per heavy atom. The van der Waals surface area contributed by atoms with Crippen LogP contribution in [0.2, 0.25) is 0 Å². The highest BCUT2D eigenvalue weighted by Crippen LogP contribution is 2.23. The van der Waals surface area contributed by atoms with E-state index in [-0.39, 0.29) is 12.0 Å². The molecule has 1 amide bonds. The molecule has 2 atom stereocenters. The van der Waals surface area contributed by atoms with Gasteiger partial charge in [-0.25, -0.2) is 4.79 Å². The van der Waals surface area contributed by atoms with Gasteiger partial charge in [-0.2, -0.15) is 0 Å². The fraction of sp³-hybridized carbons (Fsp3) is 0.786. The summed E-state index contributed by atoms with van der Waals surface area (Å²) in [4.78, 5) is 13.5. The van der Waals surface area contributed by atoms with E-state index < -0.39 is 11.7 Å². The van der Waals surface area contributed by atoms with Crippen molar-refractivity contribution in [2.45, 2.75) is 52.2 Å². The van der Waals surface area contributed by atoms with Crippen LogP contribution in [-0.4, -0.2) is 40.9 Å². The van der Waals surface area contributed by atoms with Crippen molar-refractivity contribution in [2.24, 2.45) is 5.92 Å². The van der Waals surface area contributed by atoms with Crippen LogP contribution in [0, 0.1) is 17.8 Å². The molecule has 1 N–H and O–H groups in total. The van der Waals surface area contributed by atoms with Crippen LogP contribution in [0.1, 0.15) is 40.5 Å². The number of rotatable bonds is 2. The van der Waals surface area contributed by atoms with Crippen molar-refractivity contribution in [2.75, 3.05) is 13.1 Å². The monoisotopic (exact) mass is 253 g/mol. The maximum Gasteiger partial charge on any atom is 0.410 e. The van der Waals surface area contributed by atoms with E-state index in [2.05, 4.69) is 11.8 Å². The summed E-state index contributed by atoms with van der Waals surface area (Å²) >= 11 is 0. The lowest BCUT2D eigenvalue weighted by molar-refractivity contribution is 0.0270. The molecule has 1 rings (SSSR count). The van der Waals surface area contributed by atoms with Gasteiger partial charge in [0.1, 0.15) is 5.60 Å². The Kier molecular flexibility index (Phi) is 5.03. The molecular formula is C14H23NO3. The molecule has 1 aliphatic heterocycles. The van der Waals surface area contributed by atoms with E-state index in [0.29, 0.717) is 19.5 Å². The molecule has 0 aliphatic carbocycles. The standard InChI is InChI=1S/C14H23NO3/c1-5-6-7-12(16)11-8-9-15(10-11)13(17)18-14(2,3)4/h11-12,16H,7-10H2,1-4H3. The van der Waals surface area contributed by atoms with Crippen molar-refractivity contribution in [3.63, 3.8) is 0 Å². The van der Waals surface area contributed by atoms with Gasteiger partial charge >= 0.3 is 6.09 Å². The first kappa shape index (κ1) is 14.8. The SMILES string of the molecule is CC#CCC(O)C1CCN(C(=O)OC(C)(C)C)C1. The molecule has 102 valence electrons. The van der Waals surface area contributed by atoms with Crippen LogP contribution in [0.3, 0.4) is 0 Å². The van der Waals surface area contributed by atoms with E-state index in [9.17, 15) is 9.90 Å². The zero-order chi connectivity index (χ0) is 13.8. The van der Waals surface area contributed by atoms with Crippen molar-refractivity contribution in [1.82, 2.24) is 4.90 Å². The largest absolute Gasteiger partial charge is 0.444 e. The number of aliphatic hydroxyl groups excluding tert-OH is 1. The first-order chi connectivity index (χ1) is 8.33. The molecule has 0 aromatic carbocycles. The van der Waals surface area contributed by atoms with Gasteiger partial charge in [-0.05, 0) is 34.1 Å². The first-order valence-corrected chi connectivity index (χ1v) is 6.39. The number of aliphatic hydroxyl groups is 1. The van der Waals surface area contributed by atoms with Gasteiger partial charge in [0.2, 0.25) is 0 Å². The summed E-state index contributed by atoms with van der Waals surface area (Å²) in [6, 6.07) is 0. The second kappa shape index (κ2) is 6.10. The number of ether oxygens (including phenoxy) is 1. The van der Waals surface area contributed by atoms with E-state index in [1.807, 2.05) is 20.8 Å². The summed E-state index contributed by atoms with van der Waals surface area (Å²) in [5, 5.41) is 9.93. The molecule has 0 saturated carbocycles. The molecule has 1 heterocycles. The van der Waals surface area contributed by atoms with E-state index in [1.54, 1.807) is 11.8 Å². The Morgan fingerprint density at radius 1 is 1.56 bits per heavy atom. The van der Waals surface area contributed by atoms with Gasteiger partial charge in [-0.15, -0.1) is 11.8 Å². The quantitative estimate of drug-likeness (QED) is 0.766. The van der Waals surface area contributed by atoms with Gasteiger partial charge in [0, 0.05) is 25.4 Å². The van der Waals surface area contributed by atoms with Crippen molar-refractivity contribution >= 4 is 6.09 Å². The minimum atomic E-state index is -0.471.